The first kappa shape index (κ1) is 17.0. The molecule has 3 aromatic rings. The number of thioether (sulfide) groups is 1. The van der Waals surface area contributed by atoms with Gasteiger partial charge in [0, 0.05) is 35.8 Å². The van der Waals surface area contributed by atoms with Gasteiger partial charge in [-0.25, -0.2) is 9.50 Å². The topological polar surface area (TPSA) is 63.4 Å². The van der Waals surface area contributed by atoms with E-state index in [4.69, 9.17) is 0 Å². The van der Waals surface area contributed by atoms with E-state index in [9.17, 15) is 4.79 Å². The maximum Gasteiger partial charge on any atom is 0.254 e. The van der Waals surface area contributed by atoms with E-state index in [1.54, 1.807) is 4.52 Å². The maximum absolute atomic E-state index is 12.8. The number of aryl methyl sites for hydroxylation is 2. The summed E-state index contributed by atoms with van der Waals surface area (Å²) >= 11 is 1.53. The van der Waals surface area contributed by atoms with Crippen LogP contribution in [0.4, 0.5) is 0 Å². The Labute approximate surface area is 156 Å². The summed E-state index contributed by atoms with van der Waals surface area (Å²) in [6.07, 6.45) is 2.19. The molecule has 134 valence electrons. The van der Waals surface area contributed by atoms with Gasteiger partial charge < -0.3 is 4.90 Å². The lowest BCUT2D eigenvalue weighted by Gasteiger charge is -2.17. The van der Waals surface area contributed by atoms with Crippen LogP contribution in [-0.4, -0.2) is 43.5 Å². The molecule has 0 saturated carbocycles. The molecule has 1 amide bonds. The predicted octanol–water partition coefficient (Wildman–Crippen LogP) is 3.27. The van der Waals surface area contributed by atoms with Gasteiger partial charge in [-0.15, -0.1) is 5.10 Å². The third kappa shape index (κ3) is 3.31. The number of hydrogen-bond acceptors (Lipinski definition) is 5. The Balaban J connectivity index is 1.55. The van der Waals surface area contributed by atoms with Gasteiger partial charge in [0.25, 0.3) is 11.7 Å². The summed E-state index contributed by atoms with van der Waals surface area (Å²) in [7, 11) is 0. The molecule has 4 rings (SSSR count). The smallest absolute Gasteiger partial charge is 0.254 e. The van der Waals surface area contributed by atoms with Crippen LogP contribution in [-0.2, 0) is 5.75 Å². The number of amides is 1. The molecule has 2 aromatic heterocycles. The third-order valence-electron chi connectivity index (χ3n) is 4.60. The van der Waals surface area contributed by atoms with Crippen LogP contribution in [0.15, 0.2) is 35.5 Å². The minimum Gasteiger partial charge on any atom is -0.339 e. The molecule has 3 heterocycles. The van der Waals surface area contributed by atoms with Crippen LogP contribution in [0.1, 0.15) is 40.2 Å². The van der Waals surface area contributed by atoms with Gasteiger partial charge in [0.15, 0.2) is 0 Å². The SMILES string of the molecule is Cc1cc(C)n2nc(SCc3ccccc3C(=O)N3CCCC3)nc2n1. The number of hydrogen-bond donors (Lipinski definition) is 0. The van der Waals surface area contributed by atoms with Gasteiger partial charge in [-0.2, -0.15) is 4.98 Å². The second-order valence-electron chi connectivity index (χ2n) is 6.59. The van der Waals surface area contributed by atoms with Gasteiger partial charge >= 0.3 is 0 Å². The monoisotopic (exact) mass is 367 g/mol. The van der Waals surface area contributed by atoms with Crippen LogP contribution in [0.5, 0.6) is 0 Å². The molecular weight excluding hydrogens is 346 g/mol. The van der Waals surface area contributed by atoms with E-state index in [1.165, 1.54) is 11.8 Å². The number of nitrogens with zero attached hydrogens (tertiary/aromatic N) is 5. The average molecular weight is 367 g/mol. The Hall–Kier alpha value is -2.41. The predicted molar refractivity (Wildman–Crippen MR) is 101 cm³/mol. The Morgan fingerprint density at radius 3 is 2.73 bits per heavy atom. The number of carbonyl (C=O) groups is 1. The largest absolute Gasteiger partial charge is 0.339 e. The van der Waals surface area contributed by atoms with Gasteiger partial charge in [-0.1, -0.05) is 30.0 Å². The molecule has 6 nitrogen and oxygen atoms in total. The number of carbonyl (C=O) groups excluding carboxylic acids is 1. The number of fused-ring (bicyclic) bond motifs is 1. The lowest BCUT2D eigenvalue weighted by Crippen LogP contribution is -2.28. The molecule has 1 fully saturated rings. The van der Waals surface area contributed by atoms with E-state index in [-0.39, 0.29) is 5.91 Å². The Bertz CT molecular complexity index is 962. The lowest BCUT2D eigenvalue weighted by atomic mass is 10.1. The van der Waals surface area contributed by atoms with Crippen LogP contribution in [0.3, 0.4) is 0 Å². The molecule has 0 bridgehead atoms. The zero-order valence-corrected chi connectivity index (χ0v) is 15.8. The molecular formula is C19H21N5OS. The van der Waals surface area contributed by atoms with Crippen molar-refractivity contribution in [1.29, 1.82) is 0 Å². The van der Waals surface area contributed by atoms with Crippen LogP contribution < -0.4 is 0 Å². The molecule has 0 atom stereocenters. The van der Waals surface area contributed by atoms with Crippen LogP contribution in [0.25, 0.3) is 5.78 Å². The highest BCUT2D eigenvalue weighted by atomic mass is 32.2. The standard InChI is InChI=1S/C19H21N5OS/c1-13-11-14(2)24-18(20-13)21-19(22-24)26-12-15-7-3-4-8-16(15)17(25)23-9-5-6-10-23/h3-4,7-8,11H,5-6,9-10,12H2,1-2H3. The second kappa shape index (κ2) is 7.07. The Kier molecular flexibility index (Phi) is 4.63. The zero-order valence-electron chi connectivity index (χ0n) is 15.0. The fraction of sp³-hybridized carbons (Fsp3) is 0.368. The summed E-state index contributed by atoms with van der Waals surface area (Å²) in [6.45, 7) is 5.67. The zero-order chi connectivity index (χ0) is 18.1. The van der Waals surface area contributed by atoms with Gasteiger partial charge in [0.2, 0.25) is 5.16 Å². The van der Waals surface area contributed by atoms with Crippen molar-refractivity contribution in [3.05, 3.63) is 52.8 Å². The van der Waals surface area contributed by atoms with Crippen molar-refractivity contribution in [1.82, 2.24) is 24.5 Å². The molecule has 1 aliphatic heterocycles. The fourth-order valence-corrected chi connectivity index (χ4v) is 4.12. The van der Waals surface area contributed by atoms with Crippen molar-refractivity contribution >= 4 is 23.4 Å². The van der Waals surface area contributed by atoms with Gasteiger partial charge in [-0.05, 0) is 44.4 Å². The molecule has 26 heavy (non-hydrogen) atoms. The first-order valence-electron chi connectivity index (χ1n) is 8.83. The van der Waals surface area contributed by atoms with Gasteiger partial charge in [0.05, 0.1) is 0 Å². The van der Waals surface area contributed by atoms with Crippen molar-refractivity contribution in [3.8, 4) is 0 Å². The molecule has 7 heteroatoms. The first-order chi connectivity index (χ1) is 12.6. The maximum atomic E-state index is 12.8. The summed E-state index contributed by atoms with van der Waals surface area (Å²) in [5, 5.41) is 5.21. The van der Waals surface area contributed by atoms with Crippen LogP contribution in [0, 0.1) is 13.8 Å². The number of rotatable bonds is 4. The molecule has 0 unspecified atom stereocenters. The Morgan fingerprint density at radius 1 is 1.15 bits per heavy atom. The van der Waals surface area contributed by atoms with Crippen molar-refractivity contribution in [2.75, 3.05) is 13.1 Å². The summed E-state index contributed by atoms with van der Waals surface area (Å²) in [6, 6.07) is 9.82. The third-order valence-corrected chi connectivity index (χ3v) is 5.48. The number of aromatic nitrogens is 4. The molecule has 0 radical (unpaired) electrons. The second-order valence-corrected chi connectivity index (χ2v) is 7.53. The van der Waals surface area contributed by atoms with Crippen molar-refractivity contribution in [3.63, 3.8) is 0 Å². The molecule has 1 aromatic carbocycles. The lowest BCUT2D eigenvalue weighted by molar-refractivity contribution is 0.0792. The highest BCUT2D eigenvalue weighted by molar-refractivity contribution is 7.98. The minimum absolute atomic E-state index is 0.134. The summed E-state index contributed by atoms with van der Waals surface area (Å²) < 4.78 is 1.76. The normalized spacial score (nSPS) is 14.3. The van der Waals surface area contributed by atoms with Gasteiger partial charge in [0.1, 0.15) is 0 Å². The van der Waals surface area contributed by atoms with Crippen LogP contribution >= 0.6 is 11.8 Å². The summed E-state index contributed by atoms with van der Waals surface area (Å²) in [5.74, 6) is 1.41. The van der Waals surface area contributed by atoms with E-state index in [2.05, 4.69) is 15.1 Å². The van der Waals surface area contributed by atoms with Crippen molar-refractivity contribution in [2.45, 2.75) is 37.6 Å². The van der Waals surface area contributed by atoms with Crippen molar-refractivity contribution < 1.29 is 4.79 Å². The Morgan fingerprint density at radius 2 is 1.92 bits per heavy atom. The molecule has 0 spiro atoms. The van der Waals surface area contributed by atoms with Crippen molar-refractivity contribution in [2.24, 2.45) is 0 Å². The molecule has 1 aliphatic rings. The first-order valence-corrected chi connectivity index (χ1v) is 9.81. The number of benzene rings is 1. The molecule has 1 saturated heterocycles. The van der Waals surface area contributed by atoms with E-state index >= 15 is 0 Å². The quantitative estimate of drug-likeness (QED) is 0.662. The van der Waals surface area contributed by atoms with E-state index in [0.29, 0.717) is 16.7 Å². The van der Waals surface area contributed by atoms with E-state index in [0.717, 1.165) is 48.4 Å². The van der Waals surface area contributed by atoms with Gasteiger partial charge in [-0.3, -0.25) is 4.79 Å². The average Bonchev–Trinajstić information content (AvgIpc) is 3.29. The highest BCUT2D eigenvalue weighted by Gasteiger charge is 2.21. The summed E-state index contributed by atoms with van der Waals surface area (Å²) in [4.78, 5) is 23.7. The van der Waals surface area contributed by atoms with E-state index in [1.807, 2.05) is 49.1 Å². The highest BCUT2D eigenvalue weighted by Crippen LogP contribution is 2.24. The number of likely N-dealkylation sites (tertiary alicyclic amines) is 1. The fourth-order valence-electron chi connectivity index (χ4n) is 3.30. The van der Waals surface area contributed by atoms with Crippen LogP contribution in [0.2, 0.25) is 0 Å². The minimum atomic E-state index is 0.134. The molecule has 0 aliphatic carbocycles. The summed E-state index contributed by atoms with van der Waals surface area (Å²) in [5.41, 5.74) is 3.75. The van der Waals surface area contributed by atoms with E-state index < -0.39 is 0 Å². The molecule has 0 N–H and O–H groups in total.